The van der Waals surface area contributed by atoms with Gasteiger partial charge in [0.2, 0.25) is 11.8 Å². The summed E-state index contributed by atoms with van der Waals surface area (Å²) in [5, 5.41) is 6.85. The topological polar surface area (TPSA) is 71.5 Å². The lowest BCUT2D eigenvalue weighted by Gasteiger charge is -2.30. The maximum atomic E-state index is 13.5. The number of rotatable bonds is 9. The first-order valence-electron chi connectivity index (χ1n) is 10.3. The van der Waals surface area contributed by atoms with Gasteiger partial charge in [0.15, 0.2) is 0 Å². The van der Waals surface area contributed by atoms with Crippen molar-refractivity contribution in [2.45, 2.75) is 19.0 Å². The highest BCUT2D eigenvalue weighted by Crippen LogP contribution is 2.31. The maximum Gasteiger partial charge on any atom is 0.248 e. The van der Waals surface area contributed by atoms with Crippen LogP contribution in [0.5, 0.6) is 5.75 Å². The lowest BCUT2D eigenvalue weighted by Crippen LogP contribution is -2.44. The van der Waals surface area contributed by atoms with Crippen LogP contribution >= 0.6 is 22.7 Å². The minimum Gasteiger partial charge on any atom is -0.497 e. The fourth-order valence-electron chi connectivity index (χ4n) is 3.43. The van der Waals surface area contributed by atoms with Gasteiger partial charge in [-0.3, -0.25) is 19.5 Å². The molecular weight excluding hydrogens is 454 g/mol. The quantitative estimate of drug-likeness (QED) is 0.374. The van der Waals surface area contributed by atoms with Crippen molar-refractivity contribution in [3.63, 3.8) is 0 Å². The first-order chi connectivity index (χ1) is 16.2. The van der Waals surface area contributed by atoms with E-state index in [-0.39, 0.29) is 18.2 Å². The zero-order chi connectivity index (χ0) is 23.0. The van der Waals surface area contributed by atoms with Gasteiger partial charge in [-0.1, -0.05) is 24.3 Å². The summed E-state index contributed by atoms with van der Waals surface area (Å²) in [6.45, 7) is 0.338. The standard InChI is InChI=1S/C25H23N3O3S2/c1-31-20-10-8-18(9-11-20)16-27-25(30)24(22-7-4-14-33-22)28(19-5-2-12-26-17-19)23(29)15-21-6-3-13-32-21/h2-14,17,24H,15-16H2,1H3,(H,27,30)/t24-/m0/s1. The molecule has 1 aromatic carbocycles. The number of carbonyl (C=O) groups excluding carboxylic acids is 2. The predicted molar refractivity (Wildman–Crippen MR) is 132 cm³/mol. The van der Waals surface area contributed by atoms with Gasteiger partial charge in [0, 0.05) is 22.5 Å². The lowest BCUT2D eigenvalue weighted by molar-refractivity contribution is -0.126. The Hall–Kier alpha value is -3.49. The van der Waals surface area contributed by atoms with Crippen molar-refractivity contribution in [1.82, 2.24) is 10.3 Å². The Morgan fingerprint density at radius 2 is 1.82 bits per heavy atom. The van der Waals surface area contributed by atoms with E-state index in [2.05, 4.69) is 10.3 Å². The minimum absolute atomic E-state index is 0.163. The normalized spacial score (nSPS) is 11.5. The number of nitrogens with zero attached hydrogens (tertiary/aromatic N) is 2. The molecule has 0 radical (unpaired) electrons. The number of aromatic nitrogens is 1. The van der Waals surface area contributed by atoms with E-state index in [0.29, 0.717) is 12.2 Å². The molecule has 4 aromatic rings. The van der Waals surface area contributed by atoms with Crippen molar-refractivity contribution in [1.29, 1.82) is 0 Å². The van der Waals surface area contributed by atoms with E-state index in [1.807, 2.05) is 59.3 Å². The summed E-state index contributed by atoms with van der Waals surface area (Å²) < 4.78 is 5.20. The molecule has 1 atom stereocenters. The van der Waals surface area contributed by atoms with Crippen molar-refractivity contribution in [2.24, 2.45) is 0 Å². The van der Waals surface area contributed by atoms with Gasteiger partial charge in [-0.05, 0) is 52.7 Å². The molecule has 0 unspecified atom stereocenters. The van der Waals surface area contributed by atoms with E-state index in [4.69, 9.17) is 4.74 Å². The summed E-state index contributed by atoms with van der Waals surface area (Å²) in [5.41, 5.74) is 1.52. The number of pyridine rings is 1. The van der Waals surface area contributed by atoms with Gasteiger partial charge < -0.3 is 10.1 Å². The number of ether oxygens (including phenoxy) is 1. The molecule has 1 N–H and O–H groups in total. The molecule has 0 aliphatic heterocycles. The average Bonchev–Trinajstić information content (AvgIpc) is 3.56. The molecule has 0 fully saturated rings. The summed E-state index contributed by atoms with van der Waals surface area (Å²) in [6, 6.07) is 17.9. The first kappa shape index (κ1) is 22.7. The number of anilines is 1. The van der Waals surface area contributed by atoms with Crippen molar-refractivity contribution >= 4 is 40.2 Å². The molecule has 4 rings (SSSR count). The molecule has 0 saturated carbocycles. The summed E-state index contributed by atoms with van der Waals surface area (Å²) in [6.07, 6.45) is 3.47. The van der Waals surface area contributed by atoms with Crippen LogP contribution in [0.15, 0.2) is 83.8 Å². The number of hydrogen-bond donors (Lipinski definition) is 1. The number of thiophene rings is 2. The Morgan fingerprint density at radius 1 is 1.03 bits per heavy atom. The van der Waals surface area contributed by atoms with Gasteiger partial charge >= 0.3 is 0 Å². The number of carbonyl (C=O) groups is 2. The molecule has 0 aliphatic carbocycles. The number of benzene rings is 1. The molecule has 2 amide bonds. The Morgan fingerprint density at radius 3 is 2.45 bits per heavy atom. The van der Waals surface area contributed by atoms with Crippen LogP contribution in [-0.2, 0) is 22.6 Å². The molecule has 6 nitrogen and oxygen atoms in total. The van der Waals surface area contributed by atoms with E-state index in [1.54, 1.807) is 36.5 Å². The highest BCUT2D eigenvalue weighted by atomic mass is 32.1. The first-order valence-corrected chi connectivity index (χ1v) is 12.1. The van der Waals surface area contributed by atoms with Crippen LogP contribution in [0.1, 0.15) is 21.4 Å². The Bertz CT molecular complexity index is 1160. The van der Waals surface area contributed by atoms with Crippen LogP contribution in [0.3, 0.4) is 0 Å². The summed E-state index contributed by atoms with van der Waals surface area (Å²) in [5.74, 6) is 0.337. The molecule has 3 heterocycles. The van der Waals surface area contributed by atoms with Crippen LogP contribution in [0.4, 0.5) is 5.69 Å². The van der Waals surface area contributed by atoms with E-state index in [1.165, 1.54) is 22.7 Å². The fraction of sp³-hybridized carbons (Fsp3) is 0.160. The van der Waals surface area contributed by atoms with E-state index < -0.39 is 6.04 Å². The average molecular weight is 478 g/mol. The van der Waals surface area contributed by atoms with Crippen molar-refractivity contribution in [3.8, 4) is 5.75 Å². The number of amides is 2. The second kappa shape index (κ2) is 10.9. The molecule has 0 aliphatic rings. The zero-order valence-corrected chi connectivity index (χ0v) is 19.6. The van der Waals surface area contributed by atoms with Crippen LogP contribution in [0, 0.1) is 0 Å². The molecule has 168 valence electrons. The second-order valence-electron chi connectivity index (χ2n) is 7.21. The van der Waals surface area contributed by atoms with Gasteiger partial charge in [-0.15, -0.1) is 22.7 Å². The summed E-state index contributed by atoms with van der Waals surface area (Å²) >= 11 is 2.97. The van der Waals surface area contributed by atoms with E-state index >= 15 is 0 Å². The lowest BCUT2D eigenvalue weighted by atomic mass is 10.1. The Balaban J connectivity index is 1.63. The molecule has 3 aromatic heterocycles. The Kier molecular flexibility index (Phi) is 7.49. The van der Waals surface area contributed by atoms with Crippen molar-refractivity contribution < 1.29 is 14.3 Å². The van der Waals surface area contributed by atoms with Crippen LogP contribution < -0.4 is 15.0 Å². The van der Waals surface area contributed by atoms with E-state index in [9.17, 15) is 9.59 Å². The predicted octanol–water partition coefficient (Wildman–Crippen LogP) is 4.85. The molecule has 0 spiro atoms. The second-order valence-corrected chi connectivity index (χ2v) is 9.23. The molecule has 0 saturated heterocycles. The molecule has 0 bridgehead atoms. The Labute approximate surface area is 200 Å². The fourth-order valence-corrected chi connectivity index (χ4v) is 4.94. The smallest absolute Gasteiger partial charge is 0.248 e. The van der Waals surface area contributed by atoms with Crippen LogP contribution in [-0.4, -0.2) is 23.9 Å². The van der Waals surface area contributed by atoms with Gasteiger partial charge in [0.25, 0.3) is 0 Å². The maximum absolute atomic E-state index is 13.5. The van der Waals surface area contributed by atoms with Gasteiger partial charge in [-0.2, -0.15) is 0 Å². The summed E-state index contributed by atoms with van der Waals surface area (Å²) in [4.78, 5) is 34.5. The van der Waals surface area contributed by atoms with E-state index in [0.717, 1.165) is 21.1 Å². The van der Waals surface area contributed by atoms with Crippen LogP contribution in [0.25, 0.3) is 0 Å². The van der Waals surface area contributed by atoms with Crippen molar-refractivity contribution in [2.75, 3.05) is 12.0 Å². The highest BCUT2D eigenvalue weighted by molar-refractivity contribution is 7.10. The van der Waals surface area contributed by atoms with Crippen molar-refractivity contribution in [3.05, 3.63) is 99.1 Å². The number of hydrogen-bond acceptors (Lipinski definition) is 6. The number of methoxy groups -OCH3 is 1. The SMILES string of the molecule is COc1ccc(CNC(=O)[C@H](c2cccs2)N(C(=O)Cc2cccs2)c2cccnc2)cc1. The largest absolute Gasteiger partial charge is 0.497 e. The molecule has 33 heavy (non-hydrogen) atoms. The molecule has 8 heteroatoms. The van der Waals surface area contributed by atoms with Crippen LogP contribution in [0.2, 0.25) is 0 Å². The third-order valence-corrected chi connectivity index (χ3v) is 6.84. The monoisotopic (exact) mass is 477 g/mol. The minimum atomic E-state index is -0.806. The third-order valence-electron chi connectivity index (χ3n) is 5.04. The summed E-state index contributed by atoms with van der Waals surface area (Å²) in [7, 11) is 1.61. The van der Waals surface area contributed by atoms with Gasteiger partial charge in [-0.25, -0.2) is 0 Å². The zero-order valence-electron chi connectivity index (χ0n) is 18.0. The third kappa shape index (κ3) is 5.66. The van der Waals surface area contributed by atoms with Gasteiger partial charge in [0.05, 0.1) is 25.4 Å². The number of nitrogens with one attached hydrogen (secondary N) is 1. The van der Waals surface area contributed by atoms with Gasteiger partial charge in [0.1, 0.15) is 11.8 Å². The highest BCUT2D eigenvalue weighted by Gasteiger charge is 2.33. The molecular formula is C25H23N3O3S2.